The van der Waals surface area contributed by atoms with Gasteiger partial charge in [0.2, 0.25) is 0 Å². The molecule has 36 heavy (non-hydrogen) atoms. The summed E-state index contributed by atoms with van der Waals surface area (Å²) in [5.41, 5.74) is 7.40. The van der Waals surface area contributed by atoms with Crippen molar-refractivity contribution < 1.29 is 9.84 Å². The zero-order valence-electron chi connectivity index (χ0n) is 21.2. The molecule has 0 radical (unpaired) electrons. The molecule has 4 rings (SSSR count). The first-order chi connectivity index (χ1) is 17.2. The molecule has 0 saturated carbocycles. The van der Waals surface area contributed by atoms with Crippen molar-refractivity contribution in [1.29, 1.82) is 0 Å². The highest BCUT2D eigenvalue weighted by Crippen LogP contribution is 2.32. The average molecular weight is 488 g/mol. The minimum atomic E-state index is -1.09. The van der Waals surface area contributed by atoms with Crippen molar-refractivity contribution >= 4 is 16.9 Å². The predicted molar refractivity (Wildman–Crippen MR) is 143 cm³/mol. The summed E-state index contributed by atoms with van der Waals surface area (Å²) in [6, 6.07) is 17.3. The number of aliphatic hydroxyl groups is 1. The first kappa shape index (κ1) is 25.3. The van der Waals surface area contributed by atoms with Gasteiger partial charge in [0.25, 0.3) is 0 Å². The van der Waals surface area contributed by atoms with E-state index in [-0.39, 0.29) is 0 Å². The van der Waals surface area contributed by atoms with Crippen LogP contribution in [-0.2, 0) is 6.54 Å². The third-order valence-electron chi connectivity index (χ3n) is 5.99. The van der Waals surface area contributed by atoms with Gasteiger partial charge in [0.1, 0.15) is 35.1 Å². The molecule has 4 aromatic rings. The Morgan fingerprint density at radius 1 is 1.03 bits per heavy atom. The van der Waals surface area contributed by atoms with Crippen LogP contribution in [0, 0.1) is 0 Å². The third-order valence-corrected chi connectivity index (χ3v) is 5.99. The largest absolute Gasteiger partial charge is 0.457 e. The van der Waals surface area contributed by atoms with E-state index in [0.29, 0.717) is 35.6 Å². The zero-order chi connectivity index (χ0) is 25.7. The van der Waals surface area contributed by atoms with Gasteiger partial charge in [-0.3, -0.25) is 4.90 Å². The molecule has 2 heterocycles. The van der Waals surface area contributed by atoms with Gasteiger partial charge in [-0.05, 0) is 70.5 Å². The molecule has 2 aromatic heterocycles. The molecule has 1 atom stereocenters. The number of para-hydroxylation sites is 1. The van der Waals surface area contributed by atoms with Crippen LogP contribution in [0.5, 0.6) is 11.5 Å². The highest BCUT2D eigenvalue weighted by molar-refractivity contribution is 5.98. The van der Waals surface area contributed by atoms with Gasteiger partial charge in [0, 0.05) is 18.7 Å². The van der Waals surface area contributed by atoms with Gasteiger partial charge in [0.05, 0.1) is 11.9 Å². The molecule has 0 fully saturated rings. The molecule has 0 amide bonds. The summed E-state index contributed by atoms with van der Waals surface area (Å²) >= 11 is 0. The van der Waals surface area contributed by atoms with Crippen LogP contribution in [0.15, 0.2) is 73.1 Å². The Morgan fingerprint density at radius 3 is 2.42 bits per heavy atom. The van der Waals surface area contributed by atoms with Crippen molar-refractivity contribution in [2.24, 2.45) is 0 Å². The highest BCUT2D eigenvalue weighted by Gasteiger charge is 2.23. The van der Waals surface area contributed by atoms with Crippen LogP contribution in [0.3, 0.4) is 0 Å². The van der Waals surface area contributed by atoms with Crippen LogP contribution in [0.25, 0.3) is 22.3 Å². The first-order valence-corrected chi connectivity index (χ1v) is 11.8. The lowest BCUT2D eigenvalue weighted by Crippen LogP contribution is -2.43. The van der Waals surface area contributed by atoms with Crippen molar-refractivity contribution in [3.63, 3.8) is 0 Å². The Balaban J connectivity index is 1.55. The maximum absolute atomic E-state index is 10.9. The Hall–Kier alpha value is -3.79. The summed E-state index contributed by atoms with van der Waals surface area (Å²) < 4.78 is 7.72. The summed E-state index contributed by atoms with van der Waals surface area (Å²) in [4.78, 5) is 12.5. The molecular formula is C27H33N7O2. The number of nitrogens with zero attached hydrogens (tertiary/aromatic N) is 6. The predicted octanol–water partition coefficient (Wildman–Crippen LogP) is 3.63. The van der Waals surface area contributed by atoms with Gasteiger partial charge < -0.3 is 20.5 Å². The summed E-state index contributed by atoms with van der Waals surface area (Å²) in [6.07, 6.45) is 5.20. The second kappa shape index (κ2) is 10.9. The SMILES string of the molecule is CN(C)C/C=C/C(C)(O)N(C)CCn1nc(-c2ccc(Oc3ccccc3)cc2)c2c(N)ncnc21. The zero-order valence-corrected chi connectivity index (χ0v) is 21.2. The molecular weight excluding hydrogens is 454 g/mol. The second-order valence-electron chi connectivity index (χ2n) is 9.15. The Bertz CT molecular complexity index is 1320. The minimum Gasteiger partial charge on any atom is -0.457 e. The van der Waals surface area contributed by atoms with Gasteiger partial charge in [-0.15, -0.1) is 0 Å². The van der Waals surface area contributed by atoms with Crippen molar-refractivity contribution in [3.8, 4) is 22.8 Å². The number of nitrogen functional groups attached to an aromatic ring is 1. The van der Waals surface area contributed by atoms with Gasteiger partial charge in [0.15, 0.2) is 5.65 Å². The lowest BCUT2D eigenvalue weighted by Gasteiger charge is -2.31. The number of nitrogens with two attached hydrogens (primary N) is 1. The van der Waals surface area contributed by atoms with E-state index in [9.17, 15) is 5.11 Å². The summed E-state index contributed by atoms with van der Waals surface area (Å²) in [5, 5.41) is 16.4. The molecule has 0 bridgehead atoms. The number of hydrogen-bond donors (Lipinski definition) is 2. The van der Waals surface area contributed by atoms with Crippen LogP contribution in [0.4, 0.5) is 5.82 Å². The number of aromatic nitrogens is 4. The number of rotatable bonds is 10. The molecule has 3 N–H and O–H groups in total. The summed E-state index contributed by atoms with van der Waals surface area (Å²) in [6.45, 7) is 3.58. The van der Waals surface area contributed by atoms with Gasteiger partial charge in [-0.1, -0.05) is 24.3 Å². The fourth-order valence-corrected chi connectivity index (χ4v) is 3.78. The van der Waals surface area contributed by atoms with Crippen molar-refractivity contribution in [2.75, 3.05) is 40.0 Å². The fourth-order valence-electron chi connectivity index (χ4n) is 3.78. The van der Waals surface area contributed by atoms with Crippen LogP contribution in [-0.4, -0.2) is 74.6 Å². The monoisotopic (exact) mass is 487 g/mol. The molecule has 0 saturated heterocycles. The van der Waals surface area contributed by atoms with E-state index in [1.165, 1.54) is 6.33 Å². The topological polar surface area (TPSA) is 106 Å². The number of fused-ring (bicyclic) bond motifs is 1. The molecule has 0 aliphatic heterocycles. The third kappa shape index (κ3) is 5.88. The standard InChI is InChI=1S/C27H33N7O2/c1-27(35,15-8-16-32(2)3)33(4)17-18-34-26-23(25(28)29-19-30-26)24(31-34)20-11-13-22(14-12-20)36-21-9-6-5-7-10-21/h5-15,19,35H,16-18H2,1-4H3,(H2,28,29,30)/b15-8+. The van der Waals surface area contributed by atoms with E-state index in [4.69, 9.17) is 15.6 Å². The average Bonchev–Trinajstić information content (AvgIpc) is 3.23. The van der Waals surface area contributed by atoms with Crippen LogP contribution in [0.1, 0.15) is 6.92 Å². The Morgan fingerprint density at radius 2 is 1.72 bits per heavy atom. The molecule has 0 spiro atoms. The number of hydrogen-bond acceptors (Lipinski definition) is 8. The molecule has 1 unspecified atom stereocenters. The molecule has 9 heteroatoms. The normalized spacial score (nSPS) is 13.6. The molecule has 0 aliphatic rings. The Labute approximate surface area is 211 Å². The maximum Gasteiger partial charge on any atom is 0.164 e. The highest BCUT2D eigenvalue weighted by atomic mass is 16.5. The van der Waals surface area contributed by atoms with Crippen molar-refractivity contribution in [1.82, 2.24) is 29.5 Å². The van der Waals surface area contributed by atoms with E-state index < -0.39 is 5.72 Å². The van der Waals surface area contributed by atoms with Crippen LogP contribution in [0.2, 0.25) is 0 Å². The van der Waals surface area contributed by atoms with E-state index in [1.807, 2.05) is 96.3 Å². The van der Waals surface area contributed by atoms with Gasteiger partial charge >= 0.3 is 0 Å². The lowest BCUT2D eigenvalue weighted by molar-refractivity contribution is -0.0384. The minimum absolute atomic E-state index is 0.373. The van der Waals surface area contributed by atoms with Crippen LogP contribution < -0.4 is 10.5 Å². The van der Waals surface area contributed by atoms with E-state index in [2.05, 4.69) is 9.97 Å². The molecule has 188 valence electrons. The number of anilines is 1. The smallest absolute Gasteiger partial charge is 0.164 e. The summed E-state index contributed by atoms with van der Waals surface area (Å²) in [5.74, 6) is 1.87. The number of likely N-dealkylation sites (N-methyl/N-ethyl adjacent to an activating group) is 2. The molecule has 0 aliphatic carbocycles. The van der Waals surface area contributed by atoms with Crippen molar-refractivity contribution in [3.05, 3.63) is 73.1 Å². The van der Waals surface area contributed by atoms with Crippen LogP contribution >= 0.6 is 0 Å². The molecule has 2 aromatic carbocycles. The number of ether oxygens (including phenoxy) is 1. The fraction of sp³-hybridized carbons (Fsp3) is 0.296. The summed E-state index contributed by atoms with van der Waals surface area (Å²) in [7, 11) is 5.85. The van der Waals surface area contributed by atoms with E-state index in [0.717, 1.165) is 23.6 Å². The number of benzene rings is 2. The van der Waals surface area contributed by atoms with E-state index in [1.54, 1.807) is 13.0 Å². The molecule has 9 nitrogen and oxygen atoms in total. The van der Waals surface area contributed by atoms with Gasteiger partial charge in [-0.2, -0.15) is 5.10 Å². The Kier molecular flexibility index (Phi) is 7.64. The second-order valence-corrected chi connectivity index (χ2v) is 9.15. The van der Waals surface area contributed by atoms with Crippen molar-refractivity contribution in [2.45, 2.75) is 19.2 Å². The quantitative estimate of drug-likeness (QED) is 0.258. The lowest BCUT2D eigenvalue weighted by atomic mass is 10.1. The van der Waals surface area contributed by atoms with Gasteiger partial charge in [-0.25, -0.2) is 14.6 Å². The maximum atomic E-state index is 10.9. The van der Waals surface area contributed by atoms with E-state index >= 15 is 0 Å². The first-order valence-electron chi connectivity index (χ1n) is 11.8.